The molecule has 2 aromatic rings. The van der Waals surface area contributed by atoms with Crippen molar-refractivity contribution >= 4 is 0 Å². The Bertz CT molecular complexity index is 764. The van der Waals surface area contributed by atoms with E-state index in [4.69, 9.17) is 9.26 Å². The molecule has 0 saturated carbocycles. The molecule has 2 saturated heterocycles. The highest BCUT2D eigenvalue weighted by molar-refractivity contribution is 5.54. The van der Waals surface area contributed by atoms with E-state index in [0.717, 1.165) is 64.3 Å². The average Bonchev–Trinajstić information content (AvgIpc) is 3.35. The average molecular weight is 396 g/mol. The molecule has 152 valence electrons. The Balaban J connectivity index is 1.29. The van der Waals surface area contributed by atoms with E-state index in [1.165, 1.54) is 12.1 Å². The molecule has 0 aliphatic carbocycles. The maximum atomic E-state index is 12.7. The van der Waals surface area contributed by atoms with E-state index < -0.39 is 11.7 Å². The van der Waals surface area contributed by atoms with E-state index >= 15 is 0 Å². The van der Waals surface area contributed by atoms with Gasteiger partial charge in [-0.3, -0.25) is 9.80 Å². The van der Waals surface area contributed by atoms with Crippen LogP contribution >= 0.6 is 0 Å². The molecular formula is C19H23F3N4O2. The summed E-state index contributed by atoms with van der Waals surface area (Å²) in [6, 6.07) is 4.78. The summed E-state index contributed by atoms with van der Waals surface area (Å²) in [7, 11) is 0. The zero-order valence-electron chi connectivity index (χ0n) is 15.5. The van der Waals surface area contributed by atoms with E-state index in [-0.39, 0.29) is 0 Å². The monoisotopic (exact) mass is 396 g/mol. The van der Waals surface area contributed by atoms with Crippen molar-refractivity contribution in [2.75, 3.05) is 39.3 Å². The molecule has 0 radical (unpaired) electrons. The number of nitrogens with zero attached hydrogens (tertiary/aromatic N) is 4. The Labute approximate surface area is 161 Å². The van der Waals surface area contributed by atoms with Crippen LogP contribution < -0.4 is 0 Å². The van der Waals surface area contributed by atoms with Gasteiger partial charge in [-0.1, -0.05) is 17.3 Å². The molecule has 4 rings (SSSR count). The van der Waals surface area contributed by atoms with Gasteiger partial charge >= 0.3 is 6.18 Å². The van der Waals surface area contributed by atoms with Gasteiger partial charge < -0.3 is 9.26 Å². The zero-order chi connectivity index (χ0) is 19.6. The Morgan fingerprint density at radius 3 is 2.39 bits per heavy atom. The first-order chi connectivity index (χ1) is 13.5. The standard InChI is InChI=1S/C19H23F3N4O2/c20-19(21,22)15-5-3-14(4-6-15)18-23-17(28-24-18)13-26-9-7-25(8-10-26)12-16-2-1-11-27-16/h3-6,16H,1-2,7-13H2. The third-order valence-electron chi connectivity index (χ3n) is 5.25. The first-order valence-electron chi connectivity index (χ1n) is 9.54. The van der Waals surface area contributed by atoms with Gasteiger partial charge in [0.15, 0.2) is 0 Å². The van der Waals surface area contributed by atoms with Crippen LogP contribution in [-0.4, -0.2) is 65.4 Å². The molecule has 9 heteroatoms. The van der Waals surface area contributed by atoms with Crippen LogP contribution in [0.1, 0.15) is 24.3 Å². The lowest BCUT2D eigenvalue weighted by atomic mass is 10.1. The van der Waals surface area contributed by atoms with Crippen LogP contribution in [0, 0.1) is 0 Å². The predicted molar refractivity (Wildman–Crippen MR) is 95.4 cm³/mol. The van der Waals surface area contributed by atoms with Crippen molar-refractivity contribution < 1.29 is 22.4 Å². The number of hydrogen-bond acceptors (Lipinski definition) is 6. The van der Waals surface area contributed by atoms with E-state index in [1.54, 1.807) is 0 Å². The minimum absolute atomic E-state index is 0.306. The van der Waals surface area contributed by atoms with Gasteiger partial charge in [-0.25, -0.2) is 0 Å². The Morgan fingerprint density at radius 1 is 1.04 bits per heavy atom. The van der Waals surface area contributed by atoms with Crippen molar-refractivity contribution in [2.24, 2.45) is 0 Å². The smallest absolute Gasteiger partial charge is 0.377 e. The van der Waals surface area contributed by atoms with E-state index in [2.05, 4.69) is 19.9 Å². The summed E-state index contributed by atoms with van der Waals surface area (Å²) in [5.74, 6) is 0.781. The highest BCUT2D eigenvalue weighted by Crippen LogP contribution is 2.30. The van der Waals surface area contributed by atoms with E-state index in [9.17, 15) is 13.2 Å². The molecule has 6 nitrogen and oxygen atoms in total. The summed E-state index contributed by atoms with van der Waals surface area (Å²) in [6.45, 7) is 6.17. The number of piperazine rings is 1. The van der Waals surface area contributed by atoms with Crippen LogP contribution in [0.2, 0.25) is 0 Å². The molecule has 28 heavy (non-hydrogen) atoms. The number of halogens is 3. The zero-order valence-corrected chi connectivity index (χ0v) is 15.5. The van der Waals surface area contributed by atoms with Crippen LogP contribution in [0.25, 0.3) is 11.4 Å². The highest BCUT2D eigenvalue weighted by atomic mass is 19.4. The molecule has 2 fully saturated rings. The second-order valence-electron chi connectivity index (χ2n) is 7.30. The van der Waals surface area contributed by atoms with Crippen molar-refractivity contribution in [1.82, 2.24) is 19.9 Å². The number of benzene rings is 1. The van der Waals surface area contributed by atoms with Gasteiger partial charge in [-0.15, -0.1) is 0 Å². The summed E-state index contributed by atoms with van der Waals surface area (Å²) < 4.78 is 49.0. The predicted octanol–water partition coefficient (Wildman–Crippen LogP) is 3.05. The first kappa shape index (κ1) is 19.4. The lowest BCUT2D eigenvalue weighted by Crippen LogP contribution is -2.48. The Hall–Kier alpha value is -1.97. The molecule has 3 heterocycles. The second kappa shape index (κ2) is 8.18. The van der Waals surface area contributed by atoms with Gasteiger partial charge in [0, 0.05) is 44.9 Å². The number of alkyl halides is 3. The maximum absolute atomic E-state index is 12.7. The van der Waals surface area contributed by atoms with Crippen LogP contribution in [0.4, 0.5) is 13.2 Å². The summed E-state index contributed by atoms with van der Waals surface area (Å²) in [5.41, 5.74) is -0.190. The topological polar surface area (TPSA) is 54.6 Å². The number of ether oxygens (including phenoxy) is 1. The van der Waals surface area contributed by atoms with E-state index in [1.807, 2.05) is 0 Å². The Kier molecular flexibility index (Phi) is 5.65. The van der Waals surface area contributed by atoms with Crippen LogP contribution in [-0.2, 0) is 17.5 Å². The number of hydrogen-bond donors (Lipinski definition) is 0. The molecule has 1 aromatic carbocycles. The molecule has 1 atom stereocenters. The minimum atomic E-state index is -4.35. The third-order valence-corrected chi connectivity index (χ3v) is 5.25. The van der Waals surface area contributed by atoms with Gasteiger partial charge in [0.1, 0.15) is 0 Å². The lowest BCUT2D eigenvalue weighted by molar-refractivity contribution is -0.137. The number of aromatic nitrogens is 2. The fourth-order valence-electron chi connectivity index (χ4n) is 3.64. The fourth-order valence-corrected chi connectivity index (χ4v) is 3.64. The van der Waals surface area contributed by atoms with Gasteiger partial charge in [0.2, 0.25) is 11.7 Å². The summed E-state index contributed by atoms with van der Waals surface area (Å²) in [4.78, 5) is 9.00. The lowest BCUT2D eigenvalue weighted by Gasteiger charge is -2.34. The molecule has 2 aliphatic heterocycles. The van der Waals surface area contributed by atoms with Crippen molar-refractivity contribution in [3.05, 3.63) is 35.7 Å². The second-order valence-corrected chi connectivity index (χ2v) is 7.30. The normalized spacial score (nSPS) is 22.0. The van der Waals surface area contributed by atoms with Crippen molar-refractivity contribution in [3.63, 3.8) is 0 Å². The van der Waals surface area contributed by atoms with Gasteiger partial charge in [-0.2, -0.15) is 18.2 Å². The molecular weight excluding hydrogens is 373 g/mol. The molecule has 0 spiro atoms. The summed E-state index contributed by atoms with van der Waals surface area (Å²) >= 11 is 0. The molecule has 0 bridgehead atoms. The van der Waals surface area contributed by atoms with Crippen LogP contribution in [0.3, 0.4) is 0 Å². The Morgan fingerprint density at radius 2 is 1.75 bits per heavy atom. The SMILES string of the molecule is FC(F)(F)c1ccc(-c2noc(CN3CCN(CC4CCCO4)CC3)n2)cc1. The van der Waals surface area contributed by atoms with Gasteiger partial charge in [0.25, 0.3) is 0 Å². The molecule has 0 N–H and O–H groups in total. The molecule has 1 aromatic heterocycles. The third kappa shape index (κ3) is 4.71. The number of rotatable bonds is 5. The maximum Gasteiger partial charge on any atom is 0.416 e. The fraction of sp³-hybridized carbons (Fsp3) is 0.579. The molecule has 2 aliphatic rings. The van der Waals surface area contributed by atoms with Crippen LogP contribution in [0.15, 0.2) is 28.8 Å². The minimum Gasteiger partial charge on any atom is -0.377 e. The van der Waals surface area contributed by atoms with E-state index in [0.29, 0.717) is 29.9 Å². The molecule has 1 unspecified atom stereocenters. The summed E-state index contributed by atoms with van der Waals surface area (Å²) in [5, 5.41) is 3.91. The summed E-state index contributed by atoms with van der Waals surface area (Å²) in [6.07, 6.45) is -1.68. The first-order valence-corrected chi connectivity index (χ1v) is 9.54. The van der Waals surface area contributed by atoms with Crippen molar-refractivity contribution in [2.45, 2.75) is 31.7 Å². The van der Waals surface area contributed by atoms with Gasteiger partial charge in [0.05, 0.1) is 18.2 Å². The quantitative estimate of drug-likeness (QED) is 0.774. The molecule has 0 amide bonds. The van der Waals surface area contributed by atoms with Crippen molar-refractivity contribution in [3.8, 4) is 11.4 Å². The van der Waals surface area contributed by atoms with Gasteiger partial charge in [-0.05, 0) is 25.0 Å². The van der Waals surface area contributed by atoms with Crippen molar-refractivity contribution in [1.29, 1.82) is 0 Å². The largest absolute Gasteiger partial charge is 0.416 e. The highest BCUT2D eigenvalue weighted by Gasteiger charge is 2.30. The van der Waals surface area contributed by atoms with Crippen LogP contribution in [0.5, 0.6) is 0 Å².